The number of benzene rings is 1. The van der Waals surface area contributed by atoms with Crippen molar-refractivity contribution in [2.45, 2.75) is 38.4 Å². The lowest BCUT2D eigenvalue weighted by Crippen LogP contribution is -2.56. The number of aromatic nitrogens is 2. The van der Waals surface area contributed by atoms with Crippen molar-refractivity contribution in [1.82, 2.24) is 20.4 Å². The van der Waals surface area contributed by atoms with Crippen LogP contribution in [-0.2, 0) is 9.53 Å². The van der Waals surface area contributed by atoms with E-state index in [9.17, 15) is 4.79 Å². The Labute approximate surface area is 157 Å². The second-order valence-corrected chi connectivity index (χ2v) is 7.00. The molecule has 26 heavy (non-hydrogen) atoms. The SMILES string of the molecule is CC1CN(C(C)c2noc(-c3cccc(Cl)c3)n2)C(CCOC=O)CN1. The molecule has 0 saturated carbocycles. The number of hydrogen-bond acceptors (Lipinski definition) is 7. The number of halogens is 1. The fraction of sp³-hybridized carbons (Fsp3) is 0.500. The first-order chi connectivity index (χ1) is 12.6. The summed E-state index contributed by atoms with van der Waals surface area (Å²) in [4.78, 5) is 17.3. The first kappa shape index (κ1) is 18.8. The lowest BCUT2D eigenvalue weighted by molar-refractivity contribution is -0.129. The van der Waals surface area contributed by atoms with Gasteiger partial charge in [-0.25, -0.2) is 0 Å². The Kier molecular flexibility index (Phi) is 6.24. The Morgan fingerprint density at radius 1 is 1.54 bits per heavy atom. The Morgan fingerprint density at radius 3 is 3.15 bits per heavy atom. The molecule has 2 heterocycles. The van der Waals surface area contributed by atoms with Crippen LogP contribution in [0, 0.1) is 0 Å². The molecule has 0 radical (unpaired) electrons. The molecule has 1 saturated heterocycles. The standard InChI is InChI=1S/C18H23ClN4O3/c1-12-10-23(16(9-20-12)6-7-25-11-24)13(2)17-21-18(26-22-17)14-4-3-5-15(19)8-14/h3-5,8,11-13,16,20H,6-7,9-10H2,1-2H3. The van der Waals surface area contributed by atoms with Crippen molar-refractivity contribution in [3.8, 4) is 11.5 Å². The lowest BCUT2D eigenvalue weighted by atomic mass is 10.0. The van der Waals surface area contributed by atoms with Gasteiger partial charge in [0.05, 0.1) is 12.6 Å². The molecule has 0 bridgehead atoms. The monoisotopic (exact) mass is 378 g/mol. The molecule has 1 aromatic heterocycles. The number of hydrogen-bond donors (Lipinski definition) is 1. The molecule has 2 aromatic rings. The average molecular weight is 379 g/mol. The van der Waals surface area contributed by atoms with Crippen LogP contribution in [-0.4, -0.2) is 53.3 Å². The second kappa shape index (κ2) is 8.62. The normalized spacial score (nSPS) is 22.1. The molecule has 8 heteroatoms. The van der Waals surface area contributed by atoms with E-state index < -0.39 is 0 Å². The molecule has 3 unspecified atom stereocenters. The van der Waals surface area contributed by atoms with Crippen LogP contribution in [0.3, 0.4) is 0 Å². The minimum absolute atomic E-state index is 0.0162. The van der Waals surface area contributed by atoms with Gasteiger partial charge in [-0.15, -0.1) is 0 Å². The highest BCUT2D eigenvalue weighted by Crippen LogP contribution is 2.27. The highest BCUT2D eigenvalue weighted by molar-refractivity contribution is 6.30. The van der Waals surface area contributed by atoms with E-state index in [0.29, 0.717) is 35.9 Å². The Morgan fingerprint density at radius 2 is 2.38 bits per heavy atom. The van der Waals surface area contributed by atoms with E-state index in [1.807, 2.05) is 12.1 Å². The second-order valence-electron chi connectivity index (χ2n) is 6.56. The van der Waals surface area contributed by atoms with E-state index >= 15 is 0 Å². The first-order valence-corrected chi connectivity index (χ1v) is 9.10. The number of carbonyl (C=O) groups excluding carboxylic acids is 1. The molecule has 7 nitrogen and oxygen atoms in total. The summed E-state index contributed by atoms with van der Waals surface area (Å²) in [5, 5.41) is 8.27. The maximum Gasteiger partial charge on any atom is 0.293 e. The van der Waals surface area contributed by atoms with Gasteiger partial charge in [0.1, 0.15) is 0 Å². The molecule has 3 rings (SSSR count). The van der Waals surface area contributed by atoms with Crippen LogP contribution in [0.1, 0.15) is 32.1 Å². The van der Waals surface area contributed by atoms with Crippen LogP contribution < -0.4 is 5.32 Å². The summed E-state index contributed by atoms with van der Waals surface area (Å²) in [6.07, 6.45) is 0.752. The van der Waals surface area contributed by atoms with Gasteiger partial charge in [0, 0.05) is 35.8 Å². The Bertz CT molecular complexity index is 739. The van der Waals surface area contributed by atoms with Crippen LogP contribution in [0.4, 0.5) is 0 Å². The first-order valence-electron chi connectivity index (χ1n) is 8.72. The van der Waals surface area contributed by atoms with E-state index in [0.717, 1.165) is 25.1 Å². The van der Waals surface area contributed by atoms with Crippen molar-refractivity contribution in [2.24, 2.45) is 0 Å². The van der Waals surface area contributed by atoms with Gasteiger partial charge in [-0.2, -0.15) is 4.98 Å². The summed E-state index contributed by atoms with van der Waals surface area (Å²) in [6, 6.07) is 7.92. The molecule has 0 aliphatic carbocycles. The van der Waals surface area contributed by atoms with Crippen molar-refractivity contribution < 1.29 is 14.1 Å². The van der Waals surface area contributed by atoms with Crippen molar-refractivity contribution in [3.63, 3.8) is 0 Å². The van der Waals surface area contributed by atoms with Crippen molar-refractivity contribution in [3.05, 3.63) is 35.1 Å². The number of ether oxygens (including phenoxy) is 1. The fourth-order valence-electron chi connectivity index (χ4n) is 3.27. The van der Waals surface area contributed by atoms with E-state index in [1.54, 1.807) is 12.1 Å². The Hall–Kier alpha value is -1.96. The minimum atomic E-state index is -0.0162. The minimum Gasteiger partial charge on any atom is -0.468 e. The molecule has 3 atom stereocenters. The number of piperazine rings is 1. The quantitative estimate of drug-likeness (QED) is 0.586. The summed E-state index contributed by atoms with van der Waals surface area (Å²) in [6.45, 7) is 6.78. The van der Waals surface area contributed by atoms with Crippen molar-refractivity contribution in [1.29, 1.82) is 0 Å². The third-order valence-electron chi connectivity index (χ3n) is 4.68. The van der Waals surface area contributed by atoms with E-state index in [1.165, 1.54) is 0 Å². The molecule has 1 fully saturated rings. The smallest absolute Gasteiger partial charge is 0.293 e. The van der Waals surface area contributed by atoms with Gasteiger partial charge in [-0.05, 0) is 38.5 Å². The van der Waals surface area contributed by atoms with E-state index in [4.69, 9.17) is 20.9 Å². The molecular weight excluding hydrogens is 356 g/mol. The third kappa shape index (κ3) is 4.41. The summed E-state index contributed by atoms with van der Waals surface area (Å²) >= 11 is 6.04. The fourth-order valence-corrected chi connectivity index (χ4v) is 3.46. The highest BCUT2D eigenvalue weighted by Gasteiger charge is 2.32. The van der Waals surface area contributed by atoms with E-state index in [-0.39, 0.29) is 12.1 Å². The third-order valence-corrected chi connectivity index (χ3v) is 4.91. The van der Waals surface area contributed by atoms with Gasteiger partial charge in [-0.1, -0.05) is 22.8 Å². The summed E-state index contributed by atoms with van der Waals surface area (Å²) in [7, 11) is 0. The van der Waals surface area contributed by atoms with Crippen LogP contribution in [0.25, 0.3) is 11.5 Å². The van der Waals surface area contributed by atoms with Crippen LogP contribution in [0.5, 0.6) is 0 Å². The average Bonchev–Trinajstić information content (AvgIpc) is 3.12. The largest absolute Gasteiger partial charge is 0.468 e. The number of carbonyl (C=O) groups is 1. The van der Waals surface area contributed by atoms with Crippen LogP contribution >= 0.6 is 11.6 Å². The molecule has 1 aliphatic rings. The predicted molar refractivity (Wildman–Crippen MR) is 97.8 cm³/mol. The summed E-state index contributed by atoms with van der Waals surface area (Å²) in [5.74, 6) is 1.09. The summed E-state index contributed by atoms with van der Waals surface area (Å²) in [5.41, 5.74) is 0.799. The maximum atomic E-state index is 10.4. The molecule has 1 aromatic carbocycles. The molecule has 0 amide bonds. The van der Waals surface area contributed by atoms with Gasteiger partial charge < -0.3 is 14.6 Å². The molecule has 1 N–H and O–H groups in total. The van der Waals surface area contributed by atoms with Gasteiger partial charge in [-0.3, -0.25) is 9.69 Å². The molecule has 1 aliphatic heterocycles. The lowest BCUT2D eigenvalue weighted by Gasteiger charge is -2.41. The molecular formula is C18H23ClN4O3. The predicted octanol–water partition coefficient (Wildman–Crippen LogP) is 2.68. The molecule has 140 valence electrons. The van der Waals surface area contributed by atoms with Gasteiger partial charge in [0.15, 0.2) is 5.82 Å². The van der Waals surface area contributed by atoms with Crippen molar-refractivity contribution >= 4 is 18.1 Å². The zero-order valence-corrected chi connectivity index (χ0v) is 15.6. The zero-order chi connectivity index (χ0) is 18.5. The number of nitrogens with one attached hydrogen (secondary N) is 1. The molecule has 0 spiro atoms. The van der Waals surface area contributed by atoms with Gasteiger partial charge in [0.25, 0.3) is 12.4 Å². The zero-order valence-electron chi connectivity index (χ0n) is 14.9. The van der Waals surface area contributed by atoms with Gasteiger partial charge >= 0.3 is 0 Å². The van der Waals surface area contributed by atoms with E-state index in [2.05, 4.69) is 34.2 Å². The van der Waals surface area contributed by atoms with Gasteiger partial charge in [0.2, 0.25) is 0 Å². The number of nitrogens with zero attached hydrogens (tertiary/aromatic N) is 3. The maximum absolute atomic E-state index is 10.4. The topological polar surface area (TPSA) is 80.5 Å². The number of rotatable bonds is 7. The Balaban J connectivity index is 1.75. The summed E-state index contributed by atoms with van der Waals surface area (Å²) < 4.78 is 10.3. The van der Waals surface area contributed by atoms with Crippen LogP contribution in [0.2, 0.25) is 5.02 Å². The van der Waals surface area contributed by atoms with Crippen molar-refractivity contribution in [2.75, 3.05) is 19.7 Å². The van der Waals surface area contributed by atoms with Crippen LogP contribution in [0.15, 0.2) is 28.8 Å². The highest BCUT2D eigenvalue weighted by atomic mass is 35.5.